The standard InChI is InChI=1S/C43H55FO11/c1-8-23(2)36-26(5)17-18-42(55-36)21-30-20-29(54-42)16-15-25(4)35(45)24(3)11-9-12-28-22-51-38-37(27(6)19-32(40(47)52-30)43(28,38)49)53-39(46)31-13-10-14-33(44)34(31)41(48)50-7/h9-15,19,23-24,26,29-30,32,35-38,45,49H,8,16-18,20-22H2,1-7H3/b11-9+,25-15+,28-12+/t23-,24-,26-,29+,30-,32-,35?,36+,37+,38+,42+,43+/m0/s1. The third-order valence-electron chi connectivity index (χ3n) is 12.3. The van der Waals surface area contributed by atoms with E-state index in [2.05, 4.69) is 20.8 Å². The van der Waals surface area contributed by atoms with Gasteiger partial charge in [-0.05, 0) is 67.4 Å². The zero-order valence-electron chi connectivity index (χ0n) is 32.8. The van der Waals surface area contributed by atoms with Crippen LogP contribution in [0.15, 0.2) is 65.3 Å². The molecule has 6 rings (SSSR count). The Labute approximate surface area is 322 Å². The van der Waals surface area contributed by atoms with Crippen molar-refractivity contribution in [2.75, 3.05) is 13.7 Å². The minimum Gasteiger partial charge on any atom is -0.465 e. The molecule has 1 aromatic rings. The maximum atomic E-state index is 14.8. The van der Waals surface area contributed by atoms with E-state index in [1.54, 1.807) is 25.2 Å². The number of carbonyl (C=O) groups excluding carboxylic acids is 3. The molecular weight excluding hydrogens is 711 g/mol. The lowest BCUT2D eigenvalue weighted by atomic mass is 9.70. The van der Waals surface area contributed by atoms with Crippen LogP contribution in [0.25, 0.3) is 0 Å². The van der Waals surface area contributed by atoms with E-state index in [0.717, 1.165) is 31.6 Å². The highest BCUT2D eigenvalue weighted by atomic mass is 19.1. The van der Waals surface area contributed by atoms with Crippen LogP contribution < -0.4 is 0 Å². The quantitative estimate of drug-likeness (QED) is 0.197. The van der Waals surface area contributed by atoms with Gasteiger partial charge < -0.3 is 38.6 Å². The molecule has 1 aromatic carbocycles. The van der Waals surface area contributed by atoms with Crippen LogP contribution in [0.4, 0.5) is 4.39 Å². The summed E-state index contributed by atoms with van der Waals surface area (Å²) in [7, 11) is 1.07. The molecule has 1 spiro atoms. The van der Waals surface area contributed by atoms with Gasteiger partial charge in [0, 0.05) is 25.2 Å². The van der Waals surface area contributed by atoms with Crippen molar-refractivity contribution >= 4 is 17.9 Å². The average molecular weight is 767 g/mol. The molecule has 4 aliphatic heterocycles. The predicted molar refractivity (Wildman–Crippen MR) is 199 cm³/mol. The molecule has 12 heteroatoms. The molecule has 0 amide bonds. The van der Waals surface area contributed by atoms with Gasteiger partial charge in [0.2, 0.25) is 0 Å². The fraction of sp³-hybridized carbons (Fsp3) is 0.605. The zero-order chi connectivity index (χ0) is 39.8. The predicted octanol–water partition coefficient (Wildman–Crippen LogP) is 6.32. The lowest BCUT2D eigenvalue weighted by molar-refractivity contribution is -0.340. The fourth-order valence-electron chi connectivity index (χ4n) is 8.87. The van der Waals surface area contributed by atoms with Crippen molar-refractivity contribution in [1.82, 2.24) is 0 Å². The number of aliphatic hydroxyl groups is 2. The van der Waals surface area contributed by atoms with Crippen molar-refractivity contribution in [3.63, 3.8) is 0 Å². The number of benzene rings is 1. The van der Waals surface area contributed by atoms with Crippen molar-refractivity contribution in [2.24, 2.45) is 23.7 Å². The molecular formula is C43H55FO11. The van der Waals surface area contributed by atoms with Crippen LogP contribution in [-0.4, -0.2) is 89.8 Å². The van der Waals surface area contributed by atoms with Crippen molar-refractivity contribution in [2.45, 2.75) is 128 Å². The Morgan fingerprint density at radius 2 is 1.87 bits per heavy atom. The molecule has 2 bridgehead atoms. The lowest BCUT2D eigenvalue weighted by Gasteiger charge is -2.51. The van der Waals surface area contributed by atoms with Gasteiger partial charge >= 0.3 is 17.9 Å². The second-order valence-electron chi connectivity index (χ2n) is 16.1. The number of rotatable bonds is 5. The summed E-state index contributed by atoms with van der Waals surface area (Å²) in [4.78, 5) is 40.6. The minimum atomic E-state index is -2.03. The monoisotopic (exact) mass is 766 g/mol. The van der Waals surface area contributed by atoms with Crippen LogP contribution in [0.3, 0.4) is 0 Å². The largest absolute Gasteiger partial charge is 0.465 e. The van der Waals surface area contributed by atoms with Crippen LogP contribution in [0.1, 0.15) is 101 Å². The summed E-state index contributed by atoms with van der Waals surface area (Å²) in [6.07, 6.45) is 7.97. The van der Waals surface area contributed by atoms with Gasteiger partial charge in [0.1, 0.15) is 35.1 Å². The maximum Gasteiger partial charge on any atom is 0.341 e. The van der Waals surface area contributed by atoms with E-state index in [1.165, 1.54) is 18.2 Å². The average Bonchev–Trinajstić information content (AvgIpc) is 3.50. The maximum absolute atomic E-state index is 14.8. The first kappa shape index (κ1) is 41.0. The number of halogens is 1. The Hall–Kier alpha value is -3.68. The van der Waals surface area contributed by atoms with Gasteiger partial charge in [0.15, 0.2) is 11.9 Å². The van der Waals surface area contributed by atoms with Gasteiger partial charge in [-0.2, -0.15) is 0 Å². The van der Waals surface area contributed by atoms with Gasteiger partial charge in [-0.25, -0.2) is 14.0 Å². The van der Waals surface area contributed by atoms with E-state index in [4.69, 9.17) is 28.4 Å². The number of carbonyl (C=O) groups is 3. The first-order chi connectivity index (χ1) is 26.1. The number of aliphatic hydroxyl groups excluding tert-OH is 1. The van der Waals surface area contributed by atoms with Crippen LogP contribution >= 0.6 is 0 Å². The molecule has 3 fully saturated rings. The molecule has 4 heterocycles. The summed E-state index contributed by atoms with van der Waals surface area (Å²) >= 11 is 0. The molecule has 0 saturated carbocycles. The van der Waals surface area contributed by atoms with E-state index >= 15 is 0 Å². The minimum absolute atomic E-state index is 0.0390. The summed E-state index contributed by atoms with van der Waals surface area (Å²) < 4.78 is 51.5. The number of hydrogen-bond acceptors (Lipinski definition) is 11. The summed E-state index contributed by atoms with van der Waals surface area (Å²) in [5.74, 6) is -5.67. The van der Waals surface area contributed by atoms with E-state index in [0.29, 0.717) is 48.7 Å². The Kier molecular flexibility index (Phi) is 12.2. The van der Waals surface area contributed by atoms with Gasteiger partial charge in [-0.3, -0.25) is 4.79 Å². The molecule has 1 unspecified atom stereocenters. The van der Waals surface area contributed by atoms with Crippen LogP contribution in [0.5, 0.6) is 0 Å². The molecule has 0 radical (unpaired) electrons. The summed E-state index contributed by atoms with van der Waals surface area (Å²) in [6, 6.07) is 3.54. The Balaban J connectivity index is 1.38. The number of ether oxygens (including phenoxy) is 6. The molecule has 11 nitrogen and oxygen atoms in total. The molecule has 12 atom stereocenters. The third kappa shape index (κ3) is 7.98. The van der Waals surface area contributed by atoms with E-state index in [-0.39, 0.29) is 30.3 Å². The fourth-order valence-corrected chi connectivity index (χ4v) is 8.87. The Morgan fingerprint density at radius 3 is 2.60 bits per heavy atom. The van der Waals surface area contributed by atoms with Crippen molar-refractivity contribution < 1.29 is 57.4 Å². The molecule has 2 N–H and O–H groups in total. The van der Waals surface area contributed by atoms with Crippen LogP contribution in [-0.2, 0) is 33.2 Å². The smallest absolute Gasteiger partial charge is 0.341 e. The Bertz CT molecular complexity index is 1760. The van der Waals surface area contributed by atoms with Gasteiger partial charge in [0.05, 0.1) is 37.6 Å². The molecule has 5 aliphatic rings. The SMILES string of the molecule is CC[C@H](C)[C@H]1O[C@]2(CC[C@@H]1C)C[C@@H]1C[C@@H](C/C=C(\C)C(O)[C@@H](C)/C=C/C=C3\CO[C@@H]4[C@H](OC(=O)c5cccc(F)c5C(=O)OC)C(C)=C[C@@H](C(=O)O1)[C@]34O)O2. The first-order valence-corrected chi connectivity index (χ1v) is 19.5. The van der Waals surface area contributed by atoms with Gasteiger partial charge in [-0.15, -0.1) is 0 Å². The molecule has 1 aliphatic carbocycles. The Morgan fingerprint density at radius 1 is 1.11 bits per heavy atom. The molecule has 0 aromatic heterocycles. The number of allylic oxidation sites excluding steroid dienone is 2. The highest BCUT2D eigenvalue weighted by Crippen LogP contribution is 2.48. The summed E-state index contributed by atoms with van der Waals surface area (Å²) in [5, 5.41) is 24.0. The highest BCUT2D eigenvalue weighted by molar-refractivity contribution is 6.03. The van der Waals surface area contributed by atoms with Gasteiger partial charge in [-0.1, -0.05) is 70.6 Å². The van der Waals surface area contributed by atoms with Crippen molar-refractivity contribution in [3.05, 3.63) is 82.2 Å². The van der Waals surface area contributed by atoms with Gasteiger partial charge in [0.25, 0.3) is 0 Å². The van der Waals surface area contributed by atoms with Crippen LogP contribution in [0, 0.1) is 29.5 Å². The highest BCUT2D eigenvalue weighted by Gasteiger charge is 2.61. The normalized spacial score (nSPS) is 39.6. The number of fused-ring (bicyclic) bond motifs is 2. The van der Waals surface area contributed by atoms with Crippen molar-refractivity contribution in [1.29, 1.82) is 0 Å². The zero-order valence-corrected chi connectivity index (χ0v) is 32.8. The van der Waals surface area contributed by atoms with E-state index in [1.807, 2.05) is 19.9 Å². The summed E-state index contributed by atoms with van der Waals surface area (Å²) in [6.45, 7) is 11.8. The van der Waals surface area contributed by atoms with Crippen molar-refractivity contribution in [3.8, 4) is 0 Å². The first-order valence-electron chi connectivity index (χ1n) is 19.5. The second-order valence-corrected chi connectivity index (χ2v) is 16.1. The molecule has 55 heavy (non-hydrogen) atoms. The number of esters is 3. The molecule has 300 valence electrons. The molecule has 3 saturated heterocycles. The lowest BCUT2D eigenvalue weighted by Crippen LogP contribution is -2.59. The number of hydrogen-bond donors (Lipinski definition) is 2. The third-order valence-corrected chi connectivity index (χ3v) is 12.3. The number of methoxy groups -OCH3 is 1. The van der Waals surface area contributed by atoms with E-state index < -0.39 is 71.0 Å². The second kappa shape index (κ2) is 16.4. The summed E-state index contributed by atoms with van der Waals surface area (Å²) in [5.41, 5.74) is -1.47. The van der Waals surface area contributed by atoms with Crippen LogP contribution in [0.2, 0.25) is 0 Å². The van der Waals surface area contributed by atoms with E-state index in [9.17, 15) is 29.0 Å². The topological polar surface area (TPSA) is 147 Å².